The van der Waals surface area contributed by atoms with Gasteiger partial charge in [0, 0.05) is 6.20 Å². The van der Waals surface area contributed by atoms with Crippen LogP contribution in [-0.4, -0.2) is 9.97 Å². The summed E-state index contributed by atoms with van der Waals surface area (Å²) in [6, 6.07) is 2.36. The van der Waals surface area contributed by atoms with Crippen LogP contribution in [0.1, 0.15) is 0 Å². The van der Waals surface area contributed by atoms with Gasteiger partial charge in [-0.25, -0.2) is 18.7 Å². The van der Waals surface area contributed by atoms with Crippen molar-refractivity contribution in [1.29, 1.82) is 0 Å². The summed E-state index contributed by atoms with van der Waals surface area (Å²) in [7, 11) is 0. The van der Waals surface area contributed by atoms with Crippen molar-refractivity contribution in [3.63, 3.8) is 0 Å². The smallest absolute Gasteiger partial charge is 0.220 e. The molecule has 2 N–H and O–H groups in total. The molecule has 0 amide bonds. The standard InChI is InChI=1S/C8H5F2N3/c9-5-1-2-6-4(7(5)10)3-12-8(11)13-6/h1-3H,(H2,11,12,13). The van der Waals surface area contributed by atoms with Crippen LogP contribution in [0.3, 0.4) is 0 Å². The van der Waals surface area contributed by atoms with Gasteiger partial charge in [-0.15, -0.1) is 0 Å². The normalized spacial score (nSPS) is 10.6. The second-order valence-corrected chi connectivity index (χ2v) is 2.52. The summed E-state index contributed by atoms with van der Waals surface area (Å²) in [6.07, 6.45) is 1.16. The number of nitrogens with zero attached hydrogens (tertiary/aromatic N) is 2. The zero-order chi connectivity index (χ0) is 9.42. The van der Waals surface area contributed by atoms with Gasteiger partial charge in [0.1, 0.15) is 0 Å². The minimum absolute atomic E-state index is 0.0363. The van der Waals surface area contributed by atoms with Gasteiger partial charge in [0.2, 0.25) is 5.95 Å². The van der Waals surface area contributed by atoms with Crippen LogP contribution in [0.4, 0.5) is 14.7 Å². The van der Waals surface area contributed by atoms with Crippen LogP contribution < -0.4 is 5.73 Å². The highest BCUT2D eigenvalue weighted by Crippen LogP contribution is 2.17. The Balaban J connectivity index is 2.87. The molecule has 0 spiro atoms. The van der Waals surface area contributed by atoms with Gasteiger partial charge >= 0.3 is 0 Å². The summed E-state index contributed by atoms with van der Waals surface area (Å²) in [5.74, 6) is -1.82. The number of nitrogen functional groups attached to an aromatic ring is 1. The highest BCUT2D eigenvalue weighted by atomic mass is 19.2. The van der Waals surface area contributed by atoms with Crippen molar-refractivity contribution in [3.05, 3.63) is 30.0 Å². The highest BCUT2D eigenvalue weighted by Gasteiger charge is 2.07. The third-order valence-corrected chi connectivity index (χ3v) is 1.67. The van der Waals surface area contributed by atoms with Gasteiger partial charge in [0.15, 0.2) is 11.6 Å². The van der Waals surface area contributed by atoms with Crippen molar-refractivity contribution >= 4 is 16.9 Å². The molecule has 0 bridgehead atoms. The van der Waals surface area contributed by atoms with Gasteiger partial charge in [-0.3, -0.25) is 0 Å². The number of halogens is 2. The van der Waals surface area contributed by atoms with Crippen molar-refractivity contribution in [2.45, 2.75) is 0 Å². The highest BCUT2D eigenvalue weighted by molar-refractivity contribution is 5.79. The van der Waals surface area contributed by atoms with Crippen LogP contribution >= 0.6 is 0 Å². The summed E-state index contributed by atoms with van der Waals surface area (Å²) in [5, 5.41) is 0.0363. The van der Waals surface area contributed by atoms with Gasteiger partial charge in [-0.05, 0) is 12.1 Å². The first-order valence-electron chi connectivity index (χ1n) is 3.55. The van der Waals surface area contributed by atoms with Crippen molar-refractivity contribution in [3.8, 4) is 0 Å². The van der Waals surface area contributed by atoms with Crippen molar-refractivity contribution < 1.29 is 8.78 Å². The maximum atomic E-state index is 13.0. The molecule has 5 heteroatoms. The van der Waals surface area contributed by atoms with Gasteiger partial charge in [-0.2, -0.15) is 0 Å². The quantitative estimate of drug-likeness (QED) is 0.669. The van der Waals surface area contributed by atoms with Crippen LogP contribution in [0.25, 0.3) is 10.9 Å². The Kier molecular flexibility index (Phi) is 1.58. The molecular formula is C8H5F2N3. The van der Waals surface area contributed by atoms with E-state index in [9.17, 15) is 8.78 Å². The SMILES string of the molecule is Nc1ncc2c(F)c(F)ccc2n1. The molecule has 2 aromatic rings. The second kappa shape index (κ2) is 2.62. The van der Waals surface area contributed by atoms with Crippen LogP contribution in [-0.2, 0) is 0 Å². The fourth-order valence-corrected chi connectivity index (χ4v) is 1.06. The Morgan fingerprint density at radius 1 is 1.23 bits per heavy atom. The number of nitrogens with two attached hydrogens (primary N) is 1. The lowest BCUT2D eigenvalue weighted by Crippen LogP contribution is -1.96. The molecule has 0 fully saturated rings. The molecule has 0 aliphatic rings. The fraction of sp³-hybridized carbons (Fsp3) is 0. The Hall–Kier alpha value is -1.78. The molecule has 1 heterocycles. The number of aromatic nitrogens is 2. The fourth-order valence-electron chi connectivity index (χ4n) is 1.06. The van der Waals surface area contributed by atoms with Gasteiger partial charge in [0.05, 0.1) is 10.9 Å². The molecule has 3 nitrogen and oxygen atoms in total. The monoisotopic (exact) mass is 181 g/mol. The first-order valence-corrected chi connectivity index (χ1v) is 3.55. The van der Waals surface area contributed by atoms with E-state index < -0.39 is 11.6 Å². The Morgan fingerprint density at radius 3 is 2.77 bits per heavy atom. The molecule has 66 valence electrons. The maximum absolute atomic E-state index is 13.0. The molecule has 0 unspecified atom stereocenters. The largest absolute Gasteiger partial charge is 0.368 e. The molecule has 0 aliphatic carbocycles. The van der Waals surface area contributed by atoms with Gasteiger partial charge < -0.3 is 5.73 Å². The number of anilines is 1. The molecule has 0 saturated carbocycles. The zero-order valence-electron chi connectivity index (χ0n) is 6.46. The molecule has 0 radical (unpaired) electrons. The molecule has 0 saturated heterocycles. The first kappa shape index (κ1) is 7.85. The first-order chi connectivity index (χ1) is 6.18. The van der Waals surface area contributed by atoms with Gasteiger partial charge in [0.25, 0.3) is 0 Å². The summed E-state index contributed by atoms with van der Waals surface area (Å²) in [6.45, 7) is 0. The maximum Gasteiger partial charge on any atom is 0.220 e. The third-order valence-electron chi connectivity index (χ3n) is 1.67. The minimum atomic E-state index is -0.947. The van der Waals surface area contributed by atoms with E-state index in [0.717, 1.165) is 12.3 Å². The van der Waals surface area contributed by atoms with Gasteiger partial charge in [-0.1, -0.05) is 0 Å². The predicted molar refractivity (Wildman–Crippen MR) is 43.9 cm³/mol. The van der Waals surface area contributed by atoms with Crippen LogP contribution in [0.15, 0.2) is 18.3 Å². The van der Waals surface area contributed by atoms with Crippen molar-refractivity contribution in [2.24, 2.45) is 0 Å². The lowest BCUT2D eigenvalue weighted by molar-refractivity contribution is 0.516. The molecular weight excluding hydrogens is 176 g/mol. The lowest BCUT2D eigenvalue weighted by atomic mass is 10.2. The van der Waals surface area contributed by atoms with Crippen LogP contribution in [0, 0.1) is 11.6 Å². The summed E-state index contributed by atoms with van der Waals surface area (Å²) in [5.41, 5.74) is 5.57. The summed E-state index contributed by atoms with van der Waals surface area (Å²) >= 11 is 0. The van der Waals surface area contributed by atoms with E-state index in [1.54, 1.807) is 0 Å². The summed E-state index contributed by atoms with van der Waals surface area (Å²) in [4.78, 5) is 7.31. The molecule has 1 aromatic heterocycles. The number of benzene rings is 1. The zero-order valence-corrected chi connectivity index (χ0v) is 6.46. The average molecular weight is 181 g/mol. The van der Waals surface area contributed by atoms with E-state index in [4.69, 9.17) is 5.73 Å². The predicted octanol–water partition coefficient (Wildman–Crippen LogP) is 1.49. The number of hydrogen-bond acceptors (Lipinski definition) is 3. The molecule has 0 atom stereocenters. The molecule has 13 heavy (non-hydrogen) atoms. The van der Waals surface area contributed by atoms with E-state index in [1.807, 2.05) is 0 Å². The van der Waals surface area contributed by atoms with E-state index in [0.29, 0.717) is 5.52 Å². The summed E-state index contributed by atoms with van der Waals surface area (Å²) < 4.78 is 25.7. The Bertz CT molecular complexity index is 470. The van der Waals surface area contributed by atoms with Crippen LogP contribution in [0.2, 0.25) is 0 Å². The Morgan fingerprint density at radius 2 is 2.00 bits per heavy atom. The van der Waals surface area contributed by atoms with Crippen LogP contribution in [0.5, 0.6) is 0 Å². The second-order valence-electron chi connectivity index (χ2n) is 2.52. The van der Waals surface area contributed by atoms with E-state index in [1.165, 1.54) is 6.07 Å². The lowest BCUT2D eigenvalue weighted by Gasteiger charge is -1.99. The van der Waals surface area contributed by atoms with E-state index in [-0.39, 0.29) is 11.3 Å². The number of hydrogen-bond donors (Lipinski definition) is 1. The number of fused-ring (bicyclic) bond motifs is 1. The van der Waals surface area contributed by atoms with Crippen molar-refractivity contribution in [2.75, 3.05) is 5.73 Å². The van der Waals surface area contributed by atoms with E-state index >= 15 is 0 Å². The third kappa shape index (κ3) is 1.18. The van der Waals surface area contributed by atoms with E-state index in [2.05, 4.69) is 9.97 Å². The average Bonchev–Trinajstić information content (AvgIpc) is 2.12. The Labute approximate surface area is 72.2 Å². The topological polar surface area (TPSA) is 51.8 Å². The van der Waals surface area contributed by atoms with Crippen molar-refractivity contribution in [1.82, 2.24) is 9.97 Å². The molecule has 0 aliphatic heterocycles. The molecule has 2 rings (SSSR count). The number of rotatable bonds is 0. The minimum Gasteiger partial charge on any atom is -0.368 e. The molecule has 1 aromatic carbocycles.